The number of hydrogen-bond donors (Lipinski definition) is 1. The monoisotopic (exact) mass is 413 g/mol. The van der Waals surface area contributed by atoms with Crippen molar-refractivity contribution in [3.05, 3.63) is 64.6 Å². The molecule has 1 aliphatic heterocycles. The number of carboxylic acids is 1. The van der Waals surface area contributed by atoms with Gasteiger partial charge in [-0.2, -0.15) is 0 Å². The number of imide groups is 1. The number of aliphatic carboxylic acids is 1. The normalized spacial score (nSPS) is 15.1. The molecule has 0 aliphatic carbocycles. The van der Waals surface area contributed by atoms with Gasteiger partial charge in [-0.15, -0.1) is 0 Å². The Morgan fingerprint density at radius 3 is 2.31 bits per heavy atom. The van der Waals surface area contributed by atoms with Gasteiger partial charge in [0.25, 0.3) is 11.1 Å². The molecule has 150 valence electrons. The molecule has 1 saturated heterocycles. The number of carbonyl (C=O) groups is 3. The summed E-state index contributed by atoms with van der Waals surface area (Å²) in [4.78, 5) is 36.7. The standard InChI is InChI=1S/C21H19NO6S/c1-14-2-6-16(7-3-14)27-11-10-22-20(25)18(29-21(22)26)12-15-4-8-17(9-5-15)28-13-19(23)24/h2-9,12H,10-11,13H2,1H3,(H,23,24)/b18-12-. The maximum Gasteiger partial charge on any atom is 0.341 e. The minimum Gasteiger partial charge on any atom is -0.492 e. The van der Waals surface area contributed by atoms with E-state index in [0.717, 1.165) is 22.2 Å². The average molecular weight is 413 g/mol. The molecule has 0 aromatic heterocycles. The molecule has 0 radical (unpaired) electrons. The Morgan fingerprint density at radius 2 is 1.66 bits per heavy atom. The van der Waals surface area contributed by atoms with E-state index in [9.17, 15) is 14.4 Å². The van der Waals surface area contributed by atoms with Crippen LogP contribution >= 0.6 is 11.8 Å². The van der Waals surface area contributed by atoms with Crippen LogP contribution in [0.5, 0.6) is 11.5 Å². The molecule has 2 aromatic rings. The number of amides is 2. The summed E-state index contributed by atoms with van der Waals surface area (Å²) in [6.45, 7) is 1.93. The van der Waals surface area contributed by atoms with Crippen LogP contribution in [0.2, 0.25) is 0 Å². The van der Waals surface area contributed by atoms with Crippen LogP contribution in [0, 0.1) is 6.92 Å². The first kappa shape index (κ1) is 20.5. The van der Waals surface area contributed by atoms with Gasteiger partial charge in [0, 0.05) is 0 Å². The van der Waals surface area contributed by atoms with Crippen LogP contribution in [0.25, 0.3) is 6.08 Å². The Morgan fingerprint density at radius 1 is 1.03 bits per heavy atom. The lowest BCUT2D eigenvalue weighted by Crippen LogP contribution is -2.32. The summed E-state index contributed by atoms with van der Waals surface area (Å²) in [6.07, 6.45) is 1.62. The Balaban J connectivity index is 1.57. The number of carboxylic acid groups (broad SMARTS) is 1. The van der Waals surface area contributed by atoms with E-state index in [2.05, 4.69) is 0 Å². The van der Waals surface area contributed by atoms with E-state index in [1.807, 2.05) is 31.2 Å². The van der Waals surface area contributed by atoms with Crippen molar-refractivity contribution in [2.45, 2.75) is 6.92 Å². The number of hydrogen-bond acceptors (Lipinski definition) is 6. The number of aryl methyl sites for hydroxylation is 1. The number of carbonyl (C=O) groups excluding carboxylic acids is 2. The summed E-state index contributed by atoms with van der Waals surface area (Å²) in [5.74, 6) is -0.331. The second-order valence-corrected chi connectivity index (χ2v) is 7.24. The van der Waals surface area contributed by atoms with Crippen molar-refractivity contribution in [3.8, 4) is 11.5 Å². The number of thioether (sulfide) groups is 1. The Kier molecular flexibility index (Phi) is 6.56. The zero-order valence-corrected chi connectivity index (χ0v) is 16.5. The largest absolute Gasteiger partial charge is 0.492 e. The highest BCUT2D eigenvalue weighted by molar-refractivity contribution is 8.18. The quantitative estimate of drug-likeness (QED) is 0.661. The lowest BCUT2D eigenvalue weighted by atomic mass is 10.2. The molecule has 0 bridgehead atoms. The first-order valence-corrected chi connectivity index (χ1v) is 9.63. The van der Waals surface area contributed by atoms with Crippen molar-refractivity contribution in [2.75, 3.05) is 19.8 Å². The van der Waals surface area contributed by atoms with Gasteiger partial charge in [0.15, 0.2) is 6.61 Å². The Labute approximate surface area is 171 Å². The van der Waals surface area contributed by atoms with Crippen LogP contribution in [0.1, 0.15) is 11.1 Å². The van der Waals surface area contributed by atoms with E-state index >= 15 is 0 Å². The number of ether oxygens (including phenoxy) is 2. The predicted octanol–water partition coefficient (Wildman–Crippen LogP) is 3.57. The third-order valence-electron chi connectivity index (χ3n) is 4.02. The van der Waals surface area contributed by atoms with E-state index in [4.69, 9.17) is 14.6 Å². The molecule has 0 unspecified atom stereocenters. The molecule has 7 nitrogen and oxygen atoms in total. The fraction of sp³-hybridized carbons (Fsp3) is 0.190. The minimum atomic E-state index is -1.06. The number of nitrogens with zero attached hydrogens (tertiary/aromatic N) is 1. The van der Waals surface area contributed by atoms with Crippen LogP contribution in [-0.4, -0.2) is 46.9 Å². The van der Waals surface area contributed by atoms with Crippen LogP contribution in [0.4, 0.5) is 4.79 Å². The van der Waals surface area contributed by atoms with Crippen LogP contribution in [0.3, 0.4) is 0 Å². The van der Waals surface area contributed by atoms with Gasteiger partial charge in [-0.3, -0.25) is 14.5 Å². The minimum absolute atomic E-state index is 0.165. The molecule has 0 spiro atoms. The third-order valence-corrected chi connectivity index (χ3v) is 4.93. The molecule has 1 fully saturated rings. The molecule has 2 amide bonds. The molecule has 2 aromatic carbocycles. The van der Waals surface area contributed by atoms with Gasteiger partial charge in [-0.25, -0.2) is 4.79 Å². The van der Waals surface area contributed by atoms with Gasteiger partial charge >= 0.3 is 5.97 Å². The highest BCUT2D eigenvalue weighted by Crippen LogP contribution is 2.32. The highest BCUT2D eigenvalue weighted by Gasteiger charge is 2.34. The fourth-order valence-corrected chi connectivity index (χ4v) is 3.40. The van der Waals surface area contributed by atoms with Crippen molar-refractivity contribution in [1.29, 1.82) is 0 Å². The molecule has 29 heavy (non-hydrogen) atoms. The van der Waals surface area contributed by atoms with Crippen molar-refractivity contribution >= 4 is 35.0 Å². The molecular formula is C21H19NO6S. The Hall–Kier alpha value is -3.26. The molecule has 0 saturated carbocycles. The number of rotatable bonds is 8. The van der Waals surface area contributed by atoms with E-state index < -0.39 is 12.6 Å². The smallest absolute Gasteiger partial charge is 0.341 e. The van der Waals surface area contributed by atoms with Gasteiger partial charge in [0.2, 0.25) is 0 Å². The maximum atomic E-state index is 12.5. The first-order valence-electron chi connectivity index (χ1n) is 8.82. The van der Waals surface area contributed by atoms with Gasteiger partial charge in [0.1, 0.15) is 18.1 Å². The van der Waals surface area contributed by atoms with Crippen molar-refractivity contribution < 1.29 is 29.0 Å². The number of benzene rings is 2. The van der Waals surface area contributed by atoms with Crippen LogP contribution in [0.15, 0.2) is 53.4 Å². The SMILES string of the molecule is Cc1ccc(OCCN2C(=O)S/C(=C\c3ccc(OCC(=O)O)cc3)C2=O)cc1. The molecule has 0 atom stereocenters. The summed E-state index contributed by atoms with van der Waals surface area (Å²) in [5, 5.41) is 8.28. The molecule has 1 N–H and O–H groups in total. The summed E-state index contributed by atoms with van der Waals surface area (Å²) < 4.78 is 10.7. The second-order valence-electron chi connectivity index (χ2n) is 6.25. The average Bonchev–Trinajstić information content (AvgIpc) is 2.96. The summed E-state index contributed by atoms with van der Waals surface area (Å²) >= 11 is 0.877. The zero-order chi connectivity index (χ0) is 20.8. The molecular weight excluding hydrogens is 394 g/mol. The third kappa shape index (κ3) is 5.61. The van der Waals surface area contributed by atoms with Gasteiger partial charge in [-0.1, -0.05) is 29.8 Å². The lowest BCUT2D eigenvalue weighted by Gasteiger charge is -2.13. The zero-order valence-electron chi connectivity index (χ0n) is 15.7. The van der Waals surface area contributed by atoms with Crippen molar-refractivity contribution in [3.63, 3.8) is 0 Å². The van der Waals surface area contributed by atoms with E-state index in [1.54, 1.807) is 30.3 Å². The Bertz CT molecular complexity index is 937. The topological polar surface area (TPSA) is 93.1 Å². The first-order chi connectivity index (χ1) is 13.9. The van der Waals surface area contributed by atoms with Crippen LogP contribution < -0.4 is 9.47 Å². The van der Waals surface area contributed by atoms with Gasteiger partial charge in [-0.05, 0) is 54.6 Å². The molecule has 3 rings (SSSR count). The molecule has 1 heterocycles. The molecule has 1 aliphatic rings. The summed E-state index contributed by atoms with van der Waals surface area (Å²) in [7, 11) is 0. The predicted molar refractivity (Wildman–Crippen MR) is 109 cm³/mol. The second kappa shape index (κ2) is 9.29. The van der Waals surface area contributed by atoms with Gasteiger partial charge < -0.3 is 14.6 Å². The van der Waals surface area contributed by atoms with Crippen molar-refractivity contribution in [1.82, 2.24) is 4.90 Å². The summed E-state index contributed by atoms with van der Waals surface area (Å²) in [6, 6.07) is 14.1. The highest BCUT2D eigenvalue weighted by atomic mass is 32.2. The maximum absolute atomic E-state index is 12.5. The lowest BCUT2D eigenvalue weighted by molar-refractivity contribution is -0.139. The summed E-state index contributed by atoms with van der Waals surface area (Å²) in [5.41, 5.74) is 1.82. The fourth-order valence-electron chi connectivity index (χ4n) is 2.54. The van der Waals surface area contributed by atoms with Crippen molar-refractivity contribution in [2.24, 2.45) is 0 Å². The van der Waals surface area contributed by atoms with E-state index in [0.29, 0.717) is 22.0 Å². The van der Waals surface area contributed by atoms with E-state index in [-0.39, 0.29) is 24.3 Å². The van der Waals surface area contributed by atoms with Gasteiger partial charge in [0.05, 0.1) is 11.4 Å². The van der Waals surface area contributed by atoms with E-state index in [1.165, 1.54) is 0 Å². The molecule has 8 heteroatoms. The van der Waals surface area contributed by atoms with Crippen LogP contribution in [-0.2, 0) is 9.59 Å².